The predicted octanol–water partition coefficient (Wildman–Crippen LogP) is 2.45. The van der Waals surface area contributed by atoms with Gasteiger partial charge >= 0.3 is 6.18 Å². The summed E-state index contributed by atoms with van der Waals surface area (Å²) in [5.74, 6) is -0.294. The first-order valence-electron chi connectivity index (χ1n) is 7.32. The summed E-state index contributed by atoms with van der Waals surface area (Å²) >= 11 is 0. The zero-order valence-corrected chi connectivity index (χ0v) is 13.0. The molecule has 0 fully saturated rings. The SMILES string of the molecule is CCn1c(C)nc2cc(C(=O)N3N=CC[C@@]3(O)C(F)(F)F)ccc21. The number of amides is 1. The first-order chi connectivity index (χ1) is 11.2. The number of hydrogen-bond acceptors (Lipinski definition) is 4. The van der Waals surface area contributed by atoms with Crippen LogP contribution >= 0.6 is 0 Å². The number of carbonyl (C=O) groups excluding carboxylic acids is 1. The van der Waals surface area contributed by atoms with E-state index in [4.69, 9.17) is 0 Å². The van der Waals surface area contributed by atoms with Crippen molar-refractivity contribution in [3.8, 4) is 0 Å². The van der Waals surface area contributed by atoms with Crippen molar-refractivity contribution in [3.63, 3.8) is 0 Å². The van der Waals surface area contributed by atoms with Crippen molar-refractivity contribution >= 4 is 23.2 Å². The molecular weight excluding hydrogens is 325 g/mol. The third-order valence-electron chi connectivity index (χ3n) is 4.07. The van der Waals surface area contributed by atoms with E-state index in [9.17, 15) is 23.1 Å². The van der Waals surface area contributed by atoms with Crippen LogP contribution in [-0.2, 0) is 6.54 Å². The molecule has 0 spiro atoms. The number of halogens is 3. The lowest BCUT2D eigenvalue weighted by molar-refractivity contribution is -0.297. The Kier molecular flexibility index (Phi) is 3.63. The largest absolute Gasteiger partial charge is 0.438 e. The lowest BCUT2D eigenvalue weighted by Crippen LogP contribution is -2.56. The van der Waals surface area contributed by atoms with Crippen LogP contribution < -0.4 is 0 Å². The minimum absolute atomic E-state index is 0.0232. The summed E-state index contributed by atoms with van der Waals surface area (Å²) in [4.78, 5) is 16.7. The van der Waals surface area contributed by atoms with Crippen molar-refractivity contribution in [2.45, 2.75) is 38.7 Å². The van der Waals surface area contributed by atoms with Crippen LogP contribution in [0.2, 0.25) is 0 Å². The van der Waals surface area contributed by atoms with E-state index < -0.39 is 24.2 Å². The third-order valence-corrected chi connectivity index (χ3v) is 4.07. The summed E-state index contributed by atoms with van der Waals surface area (Å²) < 4.78 is 41.2. The van der Waals surface area contributed by atoms with Crippen molar-refractivity contribution in [1.82, 2.24) is 14.6 Å². The Hall–Kier alpha value is -2.42. The molecule has 1 aliphatic heterocycles. The van der Waals surface area contributed by atoms with Gasteiger partial charge in [0.1, 0.15) is 5.82 Å². The topological polar surface area (TPSA) is 70.7 Å². The van der Waals surface area contributed by atoms with Crippen molar-refractivity contribution in [2.75, 3.05) is 0 Å². The van der Waals surface area contributed by atoms with Gasteiger partial charge in [-0.25, -0.2) is 4.98 Å². The van der Waals surface area contributed by atoms with Gasteiger partial charge in [0, 0.05) is 24.7 Å². The van der Waals surface area contributed by atoms with Gasteiger partial charge in [0.2, 0.25) is 0 Å². The molecule has 2 heterocycles. The minimum atomic E-state index is -5.01. The number of benzene rings is 1. The number of aliphatic hydroxyl groups is 1. The summed E-state index contributed by atoms with van der Waals surface area (Å²) in [6.45, 7) is 4.42. The number of aryl methyl sites for hydroxylation is 2. The van der Waals surface area contributed by atoms with E-state index in [1.165, 1.54) is 12.1 Å². The van der Waals surface area contributed by atoms with Crippen LogP contribution in [0.1, 0.15) is 29.5 Å². The highest BCUT2D eigenvalue weighted by Gasteiger charge is 2.61. The summed E-state index contributed by atoms with van der Waals surface area (Å²) in [6.07, 6.45) is -4.93. The Morgan fingerprint density at radius 3 is 2.75 bits per heavy atom. The van der Waals surface area contributed by atoms with Crippen LogP contribution in [0.3, 0.4) is 0 Å². The molecule has 1 aromatic heterocycles. The molecule has 0 bridgehead atoms. The molecule has 3 rings (SSSR count). The molecule has 1 atom stereocenters. The maximum atomic E-state index is 13.1. The molecule has 1 aliphatic rings. The molecule has 1 N–H and O–H groups in total. The van der Waals surface area contributed by atoms with Crippen molar-refractivity contribution in [3.05, 3.63) is 29.6 Å². The number of hydrogen-bond donors (Lipinski definition) is 1. The van der Waals surface area contributed by atoms with Crippen LogP contribution in [0.4, 0.5) is 13.2 Å². The van der Waals surface area contributed by atoms with Crippen LogP contribution in [0.5, 0.6) is 0 Å². The number of imidazole rings is 1. The number of rotatable bonds is 2. The van der Waals surface area contributed by atoms with E-state index in [2.05, 4.69) is 10.1 Å². The van der Waals surface area contributed by atoms with Gasteiger partial charge in [-0.2, -0.15) is 23.3 Å². The number of fused-ring (bicyclic) bond motifs is 1. The van der Waals surface area contributed by atoms with E-state index in [0.717, 1.165) is 17.6 Å². The molecule has 128 valence electrons. The molecule has 0 saturated heterocycles. The van der Waals surface area contributed by atoms with Crippen LogP contribution in [0.25, 0.3) is 11.0 Å². The van der Waals surface area contributed by atoms with Crippen LogP contribution in [-0.4, -0.2) is 43.7 Å². The minimum Gasteiger partial charge on any atom is -0.362 e. The number of carbonyl (C=O) groups is 1. The van der Waals surface area contributed by atoms with Gasteiger partial charge in [-0.3, -0.25) is 4.79 Å². The van der Waals surface area contributed by atoms with Gasteiger partial charge < -0.3 is 9.67 Å². The van der Waals surface area contributed by atoms with Crippen molar-refractivity contribution < 1.29 is 23.1 Å². The molecule has 1 amide bonds. The summed E-state index contributed by atoms with van der Waals surface area (Å²) in [5, 5.41) is 13.3. The van der Waals surface area contributed by atoms with E-state index >= 15 is 0 Å². The number of aromatic nitrogens is 2. The molecule has 6 nitrogen and oxygen atoms in total. The second kappa shape index (κ2) is 5.30. The second-order valence-electron chi connectivity index (χ2n) is 5.54. The smallest absolute Gasteiger partial charge is 0.362 e. The fourth-order valence-electron chi connectivity index (χ4n) is 2.79. The Morgan fingerprint density at radius 2 is 2.12 bits per heavy atom. The average molecular weight is 340 g/mol. The summed E-state index contributed by atoms with van der Waals surface area (Å²) in [7, 11) is 0. The molecule has 0 radical (unpaired) electrons. The van der Waals surface area contributed by atoms with Gasteiger partial charge in [-0.1, -0.05) is 0 Å². The first kappa shape index (κ1) is 16.4. The Labute approximate surface area is 135 Å². The van der Waals surface area contributed by atoms with E-state index in [-0.39, 0.29) is 10.6 Å². The van der Waals surface area contributed by atoms with Gasteiger partial charge in [0.05, 0.1) is 11.0 Å². The maximum Gasteiger partial charge on any atom is 0.438 e. The van der Waals surface area contributed by atoms with Gasteiger partial charge in [0.25, 0.3) is 11.6 Å². The molecule has 2 aromatic rings. The quantitative estimate of drug-likeness (QED) is 0.913. The highest BCUT2D eigenvalue weighted by Crippen LogP contribution is 2.39. The van der Waals surface area contributed by atoms with E-state index in [1.807, 2.05) is 11.5 Å². The highest BCUT2D eigenvalue weighted by atomic mass is 19.4. The maximum absolute atomic E-state index is 13.1. The summed E-state index contributed by atoms with van der Waals surface area (Å²) in [6, 6.07) is 4.43. The van der Waals surface area contributed by atoms with E-state index in [0.29, 0.717) is 12.1 Å². The van der Waals surface area contributed by atoms with Gasteiger partial charge in [-0.15, -0.1) is 0 Å². The van der Waals surface area contributed by atoms with Crippen molar-refractivity contribution in [2.24, 2.45) is 5.10 Å². The molecule has 0 saturated carbocycles. The van der Waals surface area contributed by atoms with Crippen LogP contribution in [0.15, 0.2) is 23.3 Å². The molecule has 0 unspecified atom stereocenters. The Bertz CT molecular complexity index is 843. The zero-order valence-electron chi connectivity index (χ0n) is 13.0. The fraction of sp³-hybridized carbons (Fsp3) is 0.400. The molecule has 9 heteroatoms. The van der Waals surface area contributed by atoms with E-state index in [1.54, 1.807) is 13.0 Å². The lowest BCUT2D eigenvalue weighted by atomic mass is 10.1. The normalized spacial score (nSPS) is 21.0. The standard InChI is InChI=1S/C15H15F3N4O2/c1-3-21-9(2)20-11-8-10(4-5-12(11)21)13(23)22-14(24,6-7-19-22)15(16,17)18/h4-5,7-8,24H,3,6H2,1-2H3/t14-/m1/s1. The predicted molar refractivity (Wildman–Crippen MR) is 80.4 cm³/mol. The first-order valence-corrected chi connectivity index (χ1v) is 7.32. The summed E-state index contributed by atoms with van der Waals surface area (Å²) in [5.41, 5.74) is -2.07. The van der Waals surface area contributed by atoms with Crippen molar-refractivity contribution in [1.29, 1.82) is 0 Å². The Balaban J connectivity index is 2.01. The number of hydrazone groups is 1. The second-order valence-corrected chi connectivity index (χ2v) is 5.54. The monoisotopic (exact) mass is 340 g/mol. The van der Waals surface area contributed by atoms with Gasteiger partial charge in [0.15, 0.2) is 0 Å². The average Bonchev–Trinajstić information content (AvgIpc) is 3.05. The molecular formula is C15H15F3N4O2. The fourth-order valence-corrected chi connectivity index (χ4v) is 2.79. The van der Waals surface area contributed by atoms with Gasteiger partial charge in [-0.05, 0) is 32.0 Å². The number of nitrogens with zero attached hydrogens (tertiary/aromatic N) is 4. The lowest BCUT2D eigenvalue weighted by Gasteiger charge is -2.32. The number of alkyl halides is 3. The molecule has 0 aliphatic carbocycles. The highest BCUT2D eigenvalue weighted by molar-refractivity contribution is 5.98. The third kappa shape index (κ3) is 2.27. The zero-order chi connectivity index (χ0) is 17.7. The van der Waals surface area contributed by atoms with Crippen LogP contribution in [0, 0.1) is 6.92 Å². The Morgan fingerprint density at radius 1 is 1.42 bits per heavy atom. The molecule has 1 aromatic carbocycles. The molecule has 24 heavy (non-hydrogen) atoms.